The van der Waals surface area contributed by atoms with Crippen molar-refractivity contribution >= 4 is 93.7 Å². The lowest BCUT2D eigenvalue weighted by atomic mass is 9.12. The SMILES string of the molecule is Cc1cc(-c2cc3sc4cc5ccccc5cc4c3cc2Nc2ccc(-c3ccccc3)cc2)c2c(c1)-n1c3ccc(C45CC6CC7CC(C4)C765)cc3c3cc(C45CC6CC7CC(C4)C76C5)cc(c31)B2. The molecule has 2 aromatic heterocycles. The Hall–Kier alpha value is -6.10. The summed E-state index contributed by atoms with van der Waals surface area (Å²) >= 11 is 1.95. The standard InChI is InChI=1S/C66H53BN2S/c1-35-17-53(49-29-60-52(51-19-38-9-5-6-10-39(38)20-59(51)70-60)28-56(49)68-48-14-11-37(12-15-48)36-7-3-2-4-8-36)61-58(18-35)69-57-16-13-40(64-32-46-23-43-24-47(33-64)66(43,46)64)25-50(57)54-26-41(27-55(67-61)62(54)69)63-30-44-21-42-22-45(31-63)65(42,44)34-63/h2-20,25-29,42-47,67-68H,21-24,30-34H2,1H3. The van der Waals surface area contributed by atoms with Gasteiger partial charge in [0.05, 0.1) is 5.52 Å². The van der Waals surface area contributed by atoms with E-state index < -0.39 is 0 Å². The number of thiophene rings is 1. The Bertz CT molecular complexity index is 4040. The third kappa shape index (κ3) is 4.16. The Morgan fingerprint density at radius 2 is 1.29 bits per heavy atom. The third-order valence-corrected chi connectivity index (χ3v) is 23.8. The van der Waals surface area contributed by atoms with E-state index in [-0.39, 0.29) is 0 Å². The van der Waals surface area contributed by atoms with Crippen molar-refractivity contribution in [3.63, 3.8) is 0 Å². The van der Waals surface area contributed by atoms with Gasteiger partial charge in [0.25, 0.3) is 0 Å². The fraction of sp³-hybridized carbons (Fsp3) is 0.303. The Morgan fingerprint density at radius 3 is 2.04 bits per heavy atom. The van der Waals surface area contributed by atoms with E-state index in [2.05, 4.69) is 162 Å². The van der Waals surface area contributed by atoms with Crippen molar-refractivity contribution in [2.75, 3.05) is 5.32 Å². The van der Waals surface area contributed by atoms with E-state index in [1.807, 2.05) is 11.3 Å². The van der Waals surface area contributed by atoms with Gasteiger partial charge in [-0.15, -0.1) is 11.3 Å². The minimum absolute atomic E-state index is 0.350. The largest absolute Gasteiger partial charge is 0.355 e. The molecule has 0 saturated heterocycles. The van der Waals surface area contributed by atoms with Crippen molar-refractivity contribution in [1.82, 2.24) is 4.57 Å². The molecular formula is C66H53BN2S. The molecule has 2 nitrogen and oxygen atoms in total. The van der Waals surface area contributed by atoms with Gasteiger partial charge >= 0.3 is 0 Å². The second-order valence-electron chi connectivity index (χ2n) is 24.9. The van der Waals surface area contributed by atoms with Gasteiger partial charge in [-0.05, 0) is 227 Å². The summed E-state index contributed by atoms with van der Waals surface area (Å²) in [6, 6.07) is 57.2. The highest BCUT2D eigenvalue weighted by molar-refractivity contribution is 7.26. The van der Waals surface area contributed by atoms with Crippen molar-refractivity contribution in [2.45, 2.75) is 75.5 Å². The molecule has 4 unspecified atom stereocenters. The van der Waals surface area contributed by atoms with Crippen LogP contribution >= 0.6 is 11.3 Å². The highest BCUT2D eigenvalue weighted by Crippen LogP contribution is 2.92. The molecule has 1 N–H and O–H groups in total. The number of hydrogen-bond donors (Lipinski definition) is 1. The van der Waals surface area contributed by atoms with Gasteiger partial charge in [0.1, 0.15) is 0 Å². The molecule has 70 heavy (non-hydrogen) atoms. The summed E-state index contributed by atoms with van der Waals surface area (Å²) in [6.45, 7) is 2.34. The summed E-state index contributed by atoms with van der Waals surface area (Å²) in [6.07, 6.45) is 13.2. The van der Waals surface area contributed by atoms with Crippen LogP contribution < -0.4 is 16.2 Å². The molecule has 19 rings (SSSR count). The first-order valence-electron chi connectivity index (χ1n) is 27.0. The average molecular weight is 917 g/mol. The molecule has 9 aliphatic rings. The summed E-state index contributed by atoms with van der Waals surface area (Å²) in [5.41, 5.74) is 21.5. The molecule has 1 aliphatic heterocycles. The smallest absolute Gasteiger partial charge is 0.198 e. The monoisotopic (exact) mass is 916 g/mol. The van der Waals surface area contributed by atoms with Gasteiger partial charge in [-0.1, -0.05) is 90.4 Å². The zero-order chi connectivity index (χ0) is 45.2. The Labute approximate surface area is 413 Å². The molecule has 4 atom stereocenters. The van der Waals surface area contributed by atoms with E-state index in [0.29, 0.717) is 21.7 Å². The van der Waals surface area contributed by atoms with Gasteiger partial charge in [-0.25, -0.2) is 0 Å². The quantitative estimate of drug-likeness (QED) is 0.165. The molecule has 10 aromatic rings. The number of fused-ring (bicyclic) bond motifs is 10. The summed E-state index contributed by atoms with van der Waals surface area (Å²) in [7, 11) is 0.953. The van der Waals surface area contributed by atoms with E-state index in [0.717, 1.165) is 48.5 Å². The highest BCUT2D eigenvalue weighted by Gasteiger charge is 2.87. The number of nitrogens with zero attached hydrogens (tertiary/aromatic N) is 1. The number of hydrogen-bond acceptors (Lipinski definition) is 2. The maximum Gasteiger partial charge on any atom is 0.198 e. The van der Waals surface area contributed by atoms with Crippen LogP contribution in [-0.4, -0.2) is 11.8 Å². The average Bonchev–Trinajstić information content (AvgIpc) is 4.07. The fourth-order valence-electron chi connectivity index (χ4n) is 20.0. The zero-order valence-corrected chi connectivity index (χ0v) is 40.6. The lowest BCUT2D eigenvalue weighted by Crippen LogP contribution is -2.87. The lowest BCUT2D eigenvalue weighted by molar-refractivity contribution is -0.395. The van der Waals surface area contributed by atoms with Crippen molar-refractivity contribution in [3.8, 4) is 27.9 Å². The van der Waals surface area contributed by atoms with Crippen LogP contribution in [0.25, 0.3) is 80.7 Å². The topological polar surface area (TPSA) is 17.0 Å². The predicted octanol–water partition coefficient (Wildman–Crippen LogP) is 15.2. The van der Waals surface area contributed by atoms with Gasteiger partial charge in [0.15, 0.2) is 7.28 Å². The highest BCUT2D eigenvalue weighted by atomic mass is 32.1. The van der Waals surface area contributed by atoms with Crippen LogP contribution in [0.5, 0.6) is 0 Å². The second kappa shape index (κ2) is 12.1. The molecule has 2 spiro atoms. The molecular weight excluding hydrogens is 864 g/mol. The predicted molar refractivity (Wildman–Crippen MR) is 294 cm³/mol. The molecule has 2 bridgehead atoms. The van der Waals surface area contributed by atoms with Gasteiger partial charge in [-0.3, -0.25) is 0 Å². The van der Waals surface area contributed by atoms with Gasteiger partial charge in [-0.2, -0.15) is 0 Å². The van der Waals surface area contributed by atoms with Crippen molar-refractivity contribution in [1.29, 1.82) is 0 Å². The number of nitrogens with one attached hydrogen (secondary N) is 1. The van der Waals surface area contributed by atoms with Gasteiger partial charge in [0.2, 0.25) is 0 Å². The van der Waals surface area contributed by atoms with Crippen LogP contribution in [-0.2, 0) is 10.8 Å². The maximum absolute atomic E-state index is 4.06. The van der Waals surface area contributed by atoms with Crippen molar-refractivity contribution < 1.29 is 0 Å². The maximum atomic E-state index is 4.06. The third-order valence-electron chi connectivity index (χ3n) is 22.6. The van der Waals surface area contributed by atoms with E-state index in [9.17, 15) is 0 Å². The number of benzene rings is 8. The van der Waals surface area contributed by atoms with Crippen LogP contribution in [0.2, 0.25) is 0 Å². The molecule has 4 heteroatoms. The van der Waals surface area contributed by atoms with Crippen LogP contribution in [0, 0.1) is 53.3 Å². The molecule has 0 amide bonds. The van der Waals surface area contributed by atoms with Crippen molar-refractivity contribution in [2.24, 2.45) is 46.3 Å². The molecule has 3 heterocycles. The van der Waals surface area contributed by atoms with E-state index in [4.69, 9.17) is 0 Å². The first-order chi connectivity index (χ1) is 34.4. The first-order valence-corrected chi connectivity index (χ1v) is 27.8. The van der Waals surface area contributed by atoms with E-state index in [1.165, 1.54) is 150 Å². The summed E-state index contributed by atoms with van der Waals surface area (Å²) in [5.74, 6) is 5.99. The molecule has 336 valence electrons. The van der Waals surface area contributed by atoms with Crippen LogP contribution in [0.15, 0.2) is 146 Å². The minimum Gasteiger partial charge on any atom is -0.355 e. The number of aryl methyl sites for hydroxylation is 1. The van der Waals surface area contributed by atoms with E-state index >= 15 is 0 Å². The van der Waals surface area contributed by atoms with Crippen LogP contribution in [0.3, 0.4) is 0 Å². The lowest BCUT2D eigenvalue weighted by Gasteiger charge is -2.91. The number of rotatable bonds is 6. The van der Waals surface area contributed by atoms with Crippen molar-refractivity contribution in [3.05, 3.63) is 162 Å². The summed E-state index contributed by atoms with van der Waals surface area (Å²) in [5, 5.41) is 12.4. The number of anilines is 2. The molecule has 0 radical (unpaired) electrons. The summed E-state index contributed by atoms with van der Waals surface area (Å²) in [4.78, 5) is 0. The Balaban J connectivity index is 0.829. The normalized spacial score (nSPS) is 32.5. The number of aromatic nitrogens is 1. The molecule has 8 aliphatic carbocycles. The zero-order valence-electron chi connectivity index (χ0n) is 39.7. The Morgan fingerprint density at radius 1 is 0.571 bits per heavy atom. The fourth-order valence-corrected chi connectivity index (χ4v) is 21.2. The van der Waals surface area contributed by atoms with E-state index in [1.54, 1.807) is 22.0 Å². The molecule has 8 aromatic carbocycles. The molecule has 8 fully saturated rings. The minimum atomic E-state index is 0.350. The van der Waals surface area contributed by atoms with Gasteiger partial charge < -0.3 is 9.88 Å². The van der Waals surface area contributed by atoms with Crippen LogP contribution in [0.4, 0.5) is 11.4 Å². The van der Waals surface area contributed by atoms with Gasteiger partial charge in [0, 0.05) is 64.5 Å². The summed E-state index contributed by atoms with van der Waals surface area (Å²) < 4.78 is 5.45. The van der Waals surface area contributed by atoms with Crippen LogP contribution in [0.1, 0.15) is 74.5 Å². The molecule has 8 saturated carbocycles. The first kappa shape index (κ1) is 37.7. The second-order valence-corrected chi connectivity index (χ2v) is 26.0. The Kier molecular flexibility index (Phi) is 6.54.